The Kier molecular flexibility index (Phi) is 5.73. The van der Waals surface area contributed by atoms with Gasteiger partial charge in [-0.25, -0.2) is 4.98 Å². The number of nitrogens with one attached hydrogen (secondary N) is 2. The molecule has 2 N–H and O–H groups in total. The van der Waals surface area contributed by atoms with E-state index >= 15 is 0 Å². The number of rotatable bonds is 4. The van der Waals surface area contributed by atoms with Crippen LogP contribution in [0.2, 0.25) is 0 Å². The summed E-state index contributed by atoms with van der Waals surface area (Å²) in [5.74, 6) is -0.232. The van der Waals surface area contributed by atoms with Crippen molar-refractivity contribution in [3.63, 3.8) is 0 Å². The van der Waals surface area contributed by atoms with E-state index in [-0.39, 0.29) is 11.9 Å². The first kappa shape index (κ1) is 21.0. The Hall–Kier alpha value is -3.26. The first-order valence-corrected chi connectivity index (χ1v) is 10.5. The fourth-order valence-electron chi connectivity index (χ4n) is 4.28. The Labute approximate surface area is 182 Å². The average molecular weight is 421 g/mol. The van der Waals surface area contributed by atoms with E-state index < -0.39 is 0 Å². The van der Waals surface area contributed by atoms with Crippen LogP contribution < -0.4 is 20.3 Å². The Balaban J connectivity index is 1.76. The van der Waals surface area contributed by atoms with Crippen LogP contribution in [-0.4, -0.2) is 53.1 Å². The van der Waals surface area contributed by atoms with E-state index in [1.54, 1.807) is 6.20 Å². The maximum atomic E-state index is 13.2. The number of aromatic nitrogens is 3. The number of amides is 1. The van der Waals surface area contributed by atoms with Crippen molar-refractivity contribution in [3.8, 4) is 6.01 Å². The molecule has 1 aliphatic rings. The number of piperazine rings is 1. The van der Waals surface area contributed by atoms with E-state index in [9.17, 15) is 4.79 Å². The van der Waals surface area contributed by atoms with Gasteiger partial charge in [-0.1, -0.05) is 0 Å². The van der Waals surface area contributed by atoms with E-state index in [2.05, 4.69) is 44.3 Å². The maximum Gasteiger partial charge on any atom is 0.316 e. The molecule has 162 valence electrons. The Morgan fingerprint density at radius 3 is 2.45 bits per heavy atom. The Morgan fingerprint density at radius 2 is 1.81 bits per heavy atom. The number of pyridine rings is 1. The molecule has 0 spiro atoms. The number of aryl methyl sites for hydroxylation is 2. The number of hydrogen-bond acceptors (Lipinski definition) is 7. The van der Waals surface area contributed by atoms with Gasteiger partial charge in [0, 0.05) is 59.5 Å². The second-order valence-electron chi connectivity index (χ2n) is 8.22. The van der Waals surface area contributed by atoms with Gasteiger partial charge in [0.1, 0.15) is 0 Å². The summed E-state index contributed by atoms with van der Waals surface area (Å²) in [4.78, 5) is 28.7. The van der Waals surface area contributed by atoms with Crippen LogP contribution in [0.1, 0.15) is 35.6 Å². The number of carbonyl (C=O) groups excluding carboxylic acids is 1. The quantitative estimate of drug-likeness (QED) is 0.670. The summed E-state index contributed by atoms with van der Waals surface area (Å²) < 4.78 is 5.24. The van der Waals surface area contributed by atoms with Crippen LogP contribution in [0.15, 0.2) is 30.5 Å². The molecule has 2 atom stereocenters. The largest absolute Gasteiger partial charge is 0.467 e. The highest BCUT2D eigenvalue weighted by Gasteiger charge is 2.24. The Morgan fingerprint density at radius 1 is 1.13 bits per heavy atom. The maximum absolute atomic E-state index is 13.2. The predicted octanol–water partition coefficient (Wildman–Crippen LogP) is 3.09. The third-order valence-corrected chi connectivity index (χ3v) is 5.37. The van der Waals surface area contributed by atoms with Crippen LogP contribution in [0.25, 0.3) is 10.9 Å². The lowest BCUT2D eigenvalue weighted by molar-refractivity contribution is 0.102. The summed E-state index contributed by atoms with van der Waals surface area (Å²) in [6.45, 7) is 9.88. The molecule has 1 aromatic carbocycles. The molecule has 1 amide bonds. The van der Waals surface area contributed by atoms with Crippen LogP contribution in [0.5, 0.6) is 6.01 Å². The molecular formula is C23H28N6O2. The van der Waals surface area contributed by atoms with Gasteiger partial charge in [0.25, 0.3) is 5.91 Å². The van der Waals surface area contributed by atoms with Gasteiger partial charge >= 0.3 is 6.01 Å². The number of carbonyl (C=O) groups is 1. The van der Waals surface area contributed by atoms with Gasteiger partial charge in [0.2, 0.25) is 0 Å². The Bertz CT molecular complexity index is 1100. The van der Waals surface area contributed by atoms with Crippen molar-refractivity contribution in [1.82, 2.24) is 20.3 Å². The number of nitrogens with zero attached hydrogens (tertiary/aromatic N) is 4. The highest BCUT2D eigenvalue weighted by Crippen LogP contribution is 2.31. The number of ether oxygens (including phenoxy) is 1. The van der Waals surface area contributed by atoms with Gasteiger partial charge in [0.15, 0.2) is 0 Å². The van der Waals surface area contributed by atoms with Crippen LogP contribution in [0, 0.1) is 13.8 Å². The highest BCUT2D eigenvalue weighted by molar-refractivity contribution is 6.13. The number of benzene rings is 1. The van der Waals surface area contributed by atoms with E-state index in [0.29, 0.717) is 28.9 Å². The van der Waals surface area contributed by atoms with Crippen molar-refractivity contribution in [2.75, 3.05) is 30.4 Å². The van der Waals surface area contributed by atoms with Crippen LogP contribution in [-0.2, 0) is 0 Å². The minimum Gasteiger partial charge on any atom is -0.467 e. The first-order valence-electron chi connectivity index (χ1n) is 10.5. The summed E-state index contributed by atoms with van der Waals surface area (Å²) in [6.07, 6.45) is 1.74. The van der Waals surface area contributed by atoms with Crippen molar-refractivity contribution in [2.24, 2.45) is 0 Å². The summed E-state index contributed by atoms with van der Waals surface area (Å²) in [5.41, 5.74) is 4.47. The van der Waals surface area contributed by atoms with Crippen molar-refractivity contribution in [1.29, 1.82) is 0 Å². The molecule has 3 aromatic rings. The molecule has 3 heterocycles. The number of hydrogen-bond donors (Lipinski definition) is 2. The zero-order valence-corrected chi connectivity index (χ0v) is 18.6. The molecule has 8 nitrogen and oxygen atoms in total. The molecule has 1 aliphatic heterocycles. The van der Waals surface area contributed by atoms with Gasteiger partial charge < -0.3 is 20.3 Å². The smallest absolute Gasteiger partial charge is 0.316 e. The van der Waals surface area contributed by atoms with E-state index in [0.717, 1.165) is 35.6 Å². The van der Waals surface area contributed by atoms with E-state index in [1.165, 1.54) is 7.11 Å². The minimum absolute atomic E-state index is 0.232. The summed E-state index contributed by atoms with van der Waals surface area (Å²) in [6, 6.07) is 8.47. The number of methoxy groups -OCH3 is 1. The van der Waals surface area contributed by atoms with E-state index in [1.807, 2.05) is 38.1 Å². The summed E-state index contributed by atoms with van der Waals surface area (Å²) >= 11 is 0. The molecule has 1 fully saturated rings. The van der Waals surface area contributed by atoms with Crippen LogP contribution >= 0.6 is 0 Å². The molecule has 31 heavy (non-hydrogen) atoms. The molecule has 0 saturated carbocycles. The van der Waals surface area contributed by atoms with Gasteiger partial charge in [-0.2, -0.15) is 4.98 Å². The fourth-order valence-corrected chi connectivity index (χ4v) is 4.28. The van der Waals surface area contributed by atoms with Gasteiger partial charge in [0.05, 0.1) is 18.2 Å². The SMILES string of the molecule is COc1ncc2c(N3CC(C)NC(C)C3)ccc(C(=O)Nc3cc(C)nc(C)c3)c2n1. The fraction of sp³-hybridized carbons (Fsp3) is 0.391. The molecule has 8 heteroatoms. The third kappa shape index (κ3) is 4.44. The number of fused-ring (bicyclic) bond motifs is 1. The third-order valence-electron chi connectivity index (χ3n) is 5.37. The van der Waals surface area contributed by atoms with Gasteiger partial charge in [-0.3, -0.25) is 9.78 Å². The zero-order valence-electron chi connectivity index (χ0n) is 18.6. The topological polar surface area (TPSA) is 92.3 Å². The average Bonchev–Trinajstić information content (AvgIpc) is 2.70. The summed E-state index contributed by atoms with van der Waals surface area (Å²) in [7, 11) is 1.52. The standard InChI is InChI=1S/C23H28N6O2/c1-13-8-17(9-14(2)25-13)27-22(30)18-6-7-20(29-11-15(3)26-16(4)12-29)19-10-24-23(31-5)28-21(18)19/h6-10,15-16,26H,11-12H2,1-5H3,(H,25,27,30). The van der Waals surface area contributed by atoms with Crippen molar-refractivity contribution >= 4 is 28.2 Å². The molecule has 2 unspecified atom stereocenters. The predicted molar refractivity (Wildman–Crippen MR) is 122 cm³/mol. The molecule has 1 saturated heterocycles. The zero-order chi connectivity index (χ0) is 22.1. The lowest BCUT2D eigenvalue weighted by Crippen LogP contribution is -2.54. The normalized spacial score (nSPS) is 18.8. The van der Waals surface area contributed by atoms with Crippen molar-refractivity contribution in [2.45, 2.75) is 39.8 Å². The molecule has 0 radical (unpaired) electrons. The number of anilines is 2. The second kappa shape index (κ2) is 8.47. The van der Waals surface area contributed by atoms with Crippen molar-refractivity contribution < 1.29 is 9.53 Å². The van der Waals surface area contributed by atoms with Crippen LogP contribution in [0.3, 0.4) is 0 Å². The van der Waals surface area contributed by atoms with Gasteiger partial charge in [-0.15, -0.1) is 0 Å². The van der Waals surface area contributed by atoms with Gasteiger partial charge in [-0.05, 0) is 52.0 Å². The molecule has 0 aliphatic carbocycles. The van der Waals surface area contributed by atoms with Crippen molar-refractivity contribution in [3.05, 3.63) is 47.4 Å². The summed E-state index contributed by atoms with van der Waals surface area (Å²) in [5, 5.41) is 7.36. The first-order chi connectivity index (χ1) is 14.8. The monoisotopic (exact) mass is 420 g/mol. The lowest BCUT2D eigenvalue weighted by Gasteiger charge is -2.38. The second-order valence-corrected chi connectivity index (χ2v) is 8.22. The lowest BCUT2D eigenvalue weighted by atomic mass is 10.0. The molecule has 4 rings (SSSR count). The minimum atomic E-state index is -0.232. The van der Waals surface area contributed by atoms with Crippen LogP contribution in [0.4, 0.5) is 11.4 Å². The molecule has 2 aromatic heterocycles. The highest BCUT2D eigenvalue weighted by atomic mass is 16.5. The molecular weight excluding hydrogens is 392 g/mol. The van der Waals surface area contributed by atoms with E-state index in [4.69, 9.17) is 4.74 Å². The molecule has 0 bridgehead atoms.